The van der Waals surface area contributed by atoms with E-state index in [-0.39, 0.29) is 17.9 Å². The first kappa shape index (κ1) is 20.9. The first-order chi connectivity index (χ1) is 14.0. The fourth-order valence-electron chi connectivity index (χ4n) is 3.61. The van der Waals surface area contributed by atoms with Crippen molar-refractivity contribution in [2.24, 2.45) is 0 Å². The van der Waals surface area contributed by atoms with Gasteiger partial charge in [0.25, 0.3) is 11.8 Å². The van der Waals surface area contributed by atoms with Gasteiger partial charge in [-0.1, -0.05) is 25.1 Å². The van der Waals surface area contributed by atoms with Gasteiger partial charge in [0.05, 0.1) is 11.3 Å². The monoisotopic (exact) mass is 394 g/mol. The lowest BCUT2D eigenvalue weighted by Crippen LogP contribution is -2.34. The number of ether oxygens (including phenoxy) is 1. The first-order valence-electron chi connectivity index (χ1n) is 10.5. The molecule has 5 nitrogen and oxygen atoms in total. The second-order valence-corrected chi connectivity index (χ2v) is 7.82. The average molecular weight is 395 g/mol. The molecule has 2 amide bonds. The molecule has 0 bridgehead atoms. The molecular formula is C24H30N2O3. The number of carbonyl (C=O) groups is 2. The van der Waals surface area contributed by atoms with E-state index in [1.54, 1.807) is 24.3 Å². The number of hydrogen-bond acceptors (Lipinski definition) is 3. The molecule has 0 aromatic heterocycles. The van der Waals surface area contributed by atoms with E-state index < -0.39 is 6.10 Å². The molecule has 2 aromatic rings. The van der Waals surface area contributed by atoms with Crippen molar-refractivity contribution in [3.8, 4) is 5.75 Å². The van der Waals surface area contributed by atoms with E-state index in [4.69, 9.17) is 4.74 Å². The van der Waals surface area contributed by atoms with Crippen molar-refractivity contribution in [3.05, 3.63) is 59.2 Å². The van der Waals surface area contributed by atoms with E-state index in [1.165, 1.54) is 24.0 Å². The standard InChI is InChI=1S/C24H30N2O3/c1-4-22(29-19-14-13-17-9-5-6-10-18(17)15-19)24(28)26-21-12-8-7-11-20(21)23(27)25-16(2)3/h7-8,11-16,22H,4-6,9-10H2,1-3H3,(H,25,27)(H,26,28)/t22-/m0/s1. The lowest BCUT2D eigenvalue weighted by molar-refractivity contribution is -0.122. The van der Waals surface area contributed by atoms with Crippen LogP contribution in [0.3, 0.4) is 0 Å². The number of anilines is 1. The minimum absolute atomic E-state index is 0.0157. The minimum Gasteiger partial charge on any atom is -0.481 e. The summed E-state index contributed by atoms with van der Waals surface area (Å²) in [6.07, 6.45) is 4.51. The van der Waals surface area contributed by atoms with E-state index in [0.717, 1.165) is 18.6 Å². The molecule has 2 N–H and O–H groups in total. The Morgan fingerprint density at radius 3 is 2.48 bits per heavy atom. The summed E-state index contributed by atoms with van der Waals surface area (Å²) in [5, 5.41) is 5.74. The molecule has 5 heteroatoms. The highest BCUT2D eigenvalue weighted by Crippen LogP contribution is 2.26. The zero-order valence-electron chi connectivity index (χ0n) is 17.5. The summed E-state index contributed by atoms with van der Waals surface area (Å²) in [7, 11) is 0. The molecule has 0 saturated carbocycles. The van der Waals surface area contributed by atoms with Gasteiger partial charge in [0.15, 0.2) is 6.10 Å². The summed E-state index contributed by atoms with van der Waals surface area (Å²) in [5.74, 6) is 0.257. The van der Waals surface area contributed by atoms with Crippen molar-refractivity contribution < 1.29 is 14.3 Å². The van der Waals surface area contributed by atoms with Crippen LogP contribution in [-0.4, -0.2) is 24.0 Å². The number of fused-ring (bicyclic) bond motifs is 1. The van der Waals surface area contributed by atoms with Crippen LogP contribution in [0.4, 0.5) is 5.69 Å². The third-order valence-electron chi connectivity index (χ3n) is 5.11. The molecule has 1 atom stereocenters. The largest absolute Gasteiger partial charge is 0.481 e. The Labute approximate surface area is 172 Å². The molecule has 1 aliphatic rings. The van der Waals surface area contributed by atoms with Crippen LogP contribution in [0.2, 0.25) is 0 Å². The molecule has 29 heavy (non-hydrogen) atoms. The van der Waals surface area contributed by atoms with Crippen molar-refractivity contribution in [2.45, 2.75) is 65.0 Å². The highest BCUT2D eigenvalue weighted by atomic mass is 16.5. The molecule has 0 radical (unpaired) electrons. The highest BCUT2D eigenvalue weighted by Gasteiger charge is 2.22. The average Bonchev–Trinajstić information content (AvgIpc) is 2.71. The van der Waals surface area contributed by atoms with Crippen molar-refractivity contribution in [3.63, 3.8) is 0 Å². The third-order valence-corrected chi connectivity index (χ3v) is 5.11. The van der Waals surface area contributed by atoms with Gasteiger partial charge in [-0.15, -0.1) is 0 Å². The van der Waals surface area contributed by atoms with Crippen LogP contribution in [0.15, 0.2) is 42.5 Å². The molecule has 0 aliphatic heterocycles. The van der Waals surface area contributed by atoms with Gasteiger partial charge in [-0.25, -0.2) is 0 Å². The molecule has 3 rings (SSSR count). The topological polar surface area (TPSA) is 67.4 Å². The Morgan fingerprint density at radius 2 is 1.76 bits per heavy atom. The normalized spacial score (nSPS) is 14.1. The summed E-state index contributed by atoms with van der Waals surface area (Å²) in [6.45, 7) is 5.72. The molecule has 0 fully saturated rings. The summed E-state index contributed by atoms with van der Waals surface area (Å²) in [4.78, 5) is 25.3. The first-order valence-corrected chi connectivity index (χ1v) is 10.5. The minimum atomic E-state index is -0.627. The Balaban J connectivity index is 1.72. The van der Waals surface area contributed by atoms with Gasteiger partial charge in [0.1, 0.15) is 5.75 Å². The smallest absolute Gasteiger partial charge is 0.265 e. The van der Waals surface area contributed by atoms with Crippen LogP contribution >= 0.6 is 0 Å². The Kier molecular flexibility index (Phi) is 6.91. The maximum Gasteiger partial charge on any atom is 0.265 e. The molecule has 0 heterocycles. The van der Waals surface area contributed by atoms with Gasteiger partial charge in [0.2, 0.25) is 0 Å². The van der Waals surface area contributed by atoms with Crippen molar-refractivity contribution in [1.29, 1.82) is 0 Å². The van der Waals surface area contributed by atoms with E-state index in [9.17, 15) is 9.59 Å². The van der Waals surface area contributed by atoms with Gasteiger partial charge in [-0.2, -0.15) is 0 Å². The number of hydrogen-bond donors (Lipinski definition) is 2. The van der Waals surface area contributed by atoms with E-state index >= 15 is 0 Å². The molecule has 2 aromatic carbocycles. The van der Waals surface area contributed by atoms with Crippen molar-refractivity contribution >= 4 is 17.5 Å². The molecule has 154 valence electrons. The quantitative estimate of drug-likeness (QED) is 0.727. The number of para-hydroxylation sites is 1. The van der Waals surface area contributed by atoms with Gasteiger partial charge in [-0.05, 0) is 81.3 Å². The summed E-state index contributed by atoms with van der Waals surface area (Å²) >= 11 is 0. The van der Waals surface area contributed by atoms with Gasteiger partial charge < -0.3 is 15.4 Å². The van der Waals surface area contributed by atoms with E-state index in [0.29, 0.717) is 17.7 Å². The van der Waals surface area contributed by atoms with Crippen molar-refractivity contribution in [2.75, 3.05) is 5.32 Å². The van der Waals surface area contributed by atoms with Crippen LogP contribution in [0.1, 0.15) is 61.5 Å². The predicted octanol–water partition coefficient (Wildman–Crippen LogP) is 4.50. The predicted molar refractivity (Wildman–Crippen MR) is 115 cm³/mol. The molecular weight excluding hydrogens is 364 g/mol. The zero-order valence-corrected chi connectivity index (χ0v) is 17.5. The van der Waals surface area contributed by atoms with E-state index in [1.807, 2.05) is 26.8 Å². The van der Waals surface area contributed by atoms with Crippen LogP contribution in [0.25, 0.3) is 0 Å². The Hall–Kier alpha value is -2.82. The number of amides is 2. The number of benzene rings is 2. The summed E-state index contributed by atoms with van der Waals surface area (Å²) < 4.78 is 6.02. The van der Waals surface area contributed by atoms with E-state index in [2.05, 4.69) is 22.8 Å². The Morgan fingerprint density at radius 1 is 1.03 bits per heavy atom. The second-order valence-electron chi connectivity index (χ2n) is 7.82. The van der Waals surface area contributed by atoms with Crippen LogP contribution < -0.4 is 15.4 Å². The molecule has 0 unspecified atom stereocenters. The second kappa shape index (κ2) is 9.59. The maximum absolute atomic E-state index is 12.9. The molecule has 0 spiro atoms. The molecule has 1 aliphatic carbocycles. The summed E-state index contributed by atoms with van der Waals surface area (Å²) in [6, 6.07) is 13.2. The third kappa shape index (κ3) is 5.37. The lowest BCUT2D eigenvalue weighted by atomic mass is 9.92. The Bertz CT molecular complexity index is 876. The number of carbonyl (C=O) groups excluding carboxylic acids is 2. The van der Waals surface area contributed by atoms with Crippen LogP contribution in [0, 0.1) is 0 Å². The van der Waals surface area contributed by atoms with Crippen LogP contribution in [0.5, 0.6) is 5.75 Å². The fourth-order valence-corrected chi connectivity index (χ4v) is 3.61. The summed E-state index contributed by atoms with van der Waals surface area (Å²) in [5.41, 5.74) is 3.63. The lowest BCUT2D eigenvalue weighted by Gasteiger charge is -2.21. The fraction of sp³-hybridized carbons (Fsp3) is 0.417. The number of nitrogens with one attached hydrogen (secondary N) is 2. The highest BCUT2D eigenvalue weighted by molar-refractivity contribution is 6.04. The van der Waals surface area contributed by atoms with Gasteiger partial charge >= 0.3 is 0 Å². The maximum atomic E-state index is 12.9. The molecule has 0 saturated heterocycles. The number of aryl methyl sites for hydroxylation is 2. The van der Waals surface area contributed by atoms with Gasteiger partial charge in [0, 0.05) is 6.04 Å². The van der Waals surface area contributed by atoms with Crippen molar-refractivity contribution in [1.82, 2.24) is 5.32 Å². The number of rotatable bonds is 7. The SMILES string of the molecule is CC[C@H](Oc1ccc2c(c1)CCCC2)C(=O)Nc1ccccc1C(=O)NC(C)C. The van der Waals surface area contributed by atoms with Crippen LogP contribution in [-0.2, 0) is 17.6 Å². The van der Waals surface area contributed by atoms with Gasteiger partial charge in [-0.3, -0.25) is 9.59 Å². The zero-order chi connectivity index (χ0) is 20.8.